The number of nitrogens with two attached hydrogens (primary N) is 1. The van der Waals surface area contributed by atoms with Gasteiger partial charge in [-0.3, -0.25) is 24.0 Å². The molecular formula is C49H80FN7O11S. The molecule has 1 aromatic heterocycles. The minimum absolute atomic E-state index is 0.100. The number of carbonyl (C=O) groups excluding carboxylic acids is 4. The average Bonchev–Trinajstić information content (AvgIpc) is 3.85. The highest BCUT2D eigenvalue weighted by atomic mass is 32.2. The number of esters is 2. The van der Waals surface area contributed by atoms with E-state index in [1.807, 2.05) is 77.2 Å². The van der Waals surface area contributed by atoms with Crippen LogP contribution in [0.1, 0.15) is 108 Å². The minimum Gasteiger partial charge on any atom is -0.460 e. The number of ketones is 1. The van der Waals surface area contributed by atoms with Crippen molar-refractivity contribution in [3.8, 4) is 11.3 Å². The zero-order valence-corrected chi connectivity index (χ0v) is 44.0. The Bertz CT molecular complexity index is 2010. The number of benzene rings is 1. The minimum atomic E-state index is -1.63. The van der Waals surface area contributed by atoms with E-state index < -0.39 is 89.5 Å². The molecule has 3 fully saturated rings. The number of aryl methyl sites for hydroxylation is 1. The standard InChI is InChI=1S/C48H77N7O11.CH3FS/c1-14-37-48(10)41(55(45(60)66-48)21-16-15-20-54-27-35(51-52-54)32-18-17-19-33(49)23-32)31(5)50-26-28(2)25-47(9,61-13)42(64-44-40(58)36(53(11)12)22-29(3)62-44)30(4)39(57)34(43(59)63-37)24-38(56)65-46(6,7)8;1-3-2/h17-19,23,27-31,34,36-37,40-42,44,50,58H,14-16,20-22,24-26,49H2,1-13H3;1H3/t28-,29-,30+,31-,34-,36?,37-,40?,41-,42-,44+,47-,48-;/m1./s1. The van der Waals surface area contributed by atoms with Crippen LogP contribution < -0.4 is 11.1 Å². The maximum atomic E-state index is 15.1. The van der Waals surface area contributed by atoms with Crippen molar-refractivity contribution in [2.75, 3.05) is 46.3 Å². The van der Waals surface area contributed by atoms with Gasteiger partial charge < -0.3 is 49.5 Å². The lowest BCUT2D eigenvalue weighted by Crippen LogP contribution is -2.61. The van der Waals surface area contributed by atoms with Crippen molar-refractivity contribution in [3.05, 3.63) is 30.5 Å². The number of carbonyl (C=O) groups is 4. The fraction of sp³-hybridized carbons (Fsp3) is 0.755. The first-order valence-corrected chi connectivity index (χ1v) is 25.3. The van der Waals surface area contributed by atoms with Gasteiger partial charge in [0.15, 0.2) is 17.7 Å². The predicted octanol–water partition coefficient (Wildman–Crippen LogP) is 6.23. The van der Waals surface area contributed by atoms with Crippen molar-refractivity contribution in [3.63, 3.8) is 0 Å². The molecule has 4 heterocycles. The number of halogens is 1. The number of cyclic esters (lactones) is 1. The Hall–Kier alpha value is -3.92. The lowest BCUT2D eigenvalue weighted by molar-refractivity contribution is -0.295. The molecule has 0 bridgehead atoms. The number of hydrogen-bond donors (Lipinski definition) is 3. The van der Waals surface area contributed by atoms with Gasteiger partial charge in [0.25, 0.3) is 0 Å². The van der Waals surface area contributed by atoms with E-state index >= 15 is 4.79 Å². The molecule has 0 radical (unpaired) electrons. The van der Waals surface area contributed by atoms with Gasteiger partial charge in [-0.2, -0.15) is 3.89 Å². The van der Waals surface area contributed by atoms with E-state index in [1.165, 1.54) is 6.26 Å². The molecule has 4 N–H and O–H groups in total. The normalized spacial score (nSPS) is 32.8. The van der Waals surface area contributed by atoms with Crippen molar-refractivity contribution in [1.29, 1.82) is 0 Å². The largest absolute Gasteiger partial charge is 0.460 e. The third-order valence-electron chi connectivity index (χ3n) is 13.5. The molecule has 3 saturated heterocycles. The maximum absolute atomic E-state index is 15.1. The van der Waals surface area contributed by atoms with E-state index in [9.17, 15) is 23.4 Å². The number of unbranched alkanes of at least 4 members (excludes halogenated alkanes) is 1. The number of fused-ring (bicyclic) bond motifs is 1. The van der Waals surface area contributed by atoms with E-state index in [-0.39, 0.29) is 42.7 Å². The molecule has 69 heavy (non-hydrogen) atoms. The van der Waals surface area contributed by atoms with E-state index in [4.69, 9.17) is 34.2 Å². The lowest BCUT2D eigenvalue weighted by atomic mass is 9.77. The van der Waals surface area contributed by atoms with E-state index in [0.717, 1.165) is 5.56 Å². The monoisotopic (exact) mass is 994 g/mol. The number of amides is 1. The Balaban J connectivity index is 0.00000336. The molecule has 18 nitrogen and oxygen atoms in total. The van der Waals surface area contributed by atoms with Crippen molar-refractivity contribution in [2.24, 2.45) is 17.8 Å². The van der Waals surface area contributed by atoms with Gasteiger partial charge >= 0.3 is 18.0 Å². The van der Waals surface area contributed by atoms with Crippen LogP contribution in [0, 0.1) is 17.8 Å². The summed E-state index contributed by atoms with van der Waals surface area (Å²) in [4.78, 5) is 61.0. The summed E-state index contributed by atoms with van der Waals surface area (Å²) in [6.07, 6.45) is -0.110. The number of aliphatic hydroxyl groups is 1. The molecule has 20 heteroatoms. The first-order chi connectivity index (χ1) is 32.3. The molecule has 1 aromatic carbocycles. The summed E-state index contributed by atoms with van der Waals surface area (Å²) in [5.74, 6) is -5.18. The number of ether oxygens (including phenoxy) is 6. The van der Waals surface area contributed by atoms with E-state index in [1.54, 1.807) is 51.3 Å². The highest BCUT2D eigenvalue weighted by Crippen LogP contribution is 2.41. The second-order valence-corrected chi connectivity index (χ2v) is 20.9. The van der Waals surface area contributed by atoms with Crippen LogP contribution in [0.25, 0.3) is 11.3 Å². The first kappa shape index (κ1) is 57.7. The molecule has 2 aromatic rings. The highest BCUT2D eigenvalue weighted by molar-refractivity contribution is 7.93. The fourth-order valence-electron chi connectivity index (χ4n) is 10.1. The Morgan fingerprint density at radius 2 is 1.78 bits per heavy atom. The number of anilines is 1. The van der Waals surface area contributed by atoms with Gasteiger partial charge in [0.2, 0.25) is 0 Å². The molecule has 0 saturated carbocycles. The maximum Gasteiger partial charge on any atom is 0.410 e. The summed E-state index contributed by atoms with van der Waals surface area (Å²) in [7, 11) is 5.29. The third-order valence-corrected chi connectivity index (χ3v) is 13.5. The van der Waals surface area contributed by atoms with Gasteiger partial charge in [-0.15, -0.1) is 5.10 Å². The third kappa shape index (κ3) is 14.8. The average molecular weight is 994 g/mol. The second kappa shape index (κ2) is 25.0. The summed E-state index contributed by atoms with van der Waals surface area (Å²) in [6, 6.07) is 6.14. The zero-order chi connectivity index (χ0) is 51.6. The molecule has 3 aliphatic rings. The van der Waals surface area contributed by atoms with Crippen molar-refractivity contribution >= 4 is 41.7 Å². The van der Waals surface area contributed by atoms with Crippen molar-refractivity contribution < 1.29 is 56.6 Å². The Morgan fingerprint density at radius 1 is 1.12 bits per heavy atom. The highest BCUT2D eigenvalue weighted by Gasteiger charge is 2.59. The molecular weight excluding hydrogens is 914 g/mol. The smallest absolute Gasteiger partial charge is 0.410 e. The number of nitrogen functional groups attached to an aromatic ring is 1. The summed E-state index contributed by atoms with van der Waals surface area (Å²) < 4.78 is 49.5. The van der Waals surface area contributed by atoms with Crippen LogP contribution in [0.3, 0.4) is 0 Å². The van der Waals surface area contributed by atoms with Crippen LogP contribution in [0.4, 0.5) is 14.4 Å². The fourth-order valence-corrected chi connectivity index (χ4v) is 10.1. The van der Waals surface area contributed by atoms with Gasteiger partial charge in [0.1, 0.15) is 29.4 Å². The SMILES string of the molecule is CC[C@H]1OC(=O)[C@H](CC(=O)OC(C)(C)C)C(=O)[C@H](C)[C@@H](O[C@@H]2O[C@H](C)CC(N(C)C)C2O)[C@](C)(OC)C[C@@H](C)CN[C@H](C)[C@H]2N(CCCCn3cc(-c4cccc(N)c4)nn3)C(=O)O[C@]12C.CSF. The number of nitrogens with zero attached hydrogens (tertiary/aromatic N) is 5. The number of aromatic nitrogens is 3. The number of likely N-dealkylation sites (N-methyl/N-ethyl adjacent to an activating group) is 1. The van der Waals surface area contributed by atoms with Gasteiger partial charge in [0.05, 0.1) is 36.5 Å². The van der Waals surface area contributed by atoms with Crippen LogP contribution in [0.2, 0.25) is 0 Å². The van der Waals surface area contributed by atoms with Crippen LogP contribution in [-0.2, 0) is 49.3 Å². The van der Waals surface area contributed by atoms with E-state index in [0.29, 0.717) is 56.7 Å². The number of hydrogen-bond acceptors (Lipinski definition) is 17. The molecule has 1 amide bonds. The lowest BCUT2D eigenvalue weighted by Gasteiger charge is -2.46. The van der Waals surface area contributed by atoms with Gasteiger partial charge in [0, 0.05) is 67.9 Å². The molecule has 2 unspecified atom stereocenters. The number of aliphatic hydroxyl groups excluding tert-OH is 1. The Labute approximate surface area is 412 Å². The molecule has 0 spiro atoms. The Kier molecular flexibility index (Phi) is 20.9. The van der Waals surface area contributed by atoms with Gasteiger partial charge in [-0.25, -0.2) is 4.79 Å². The number of rotatable bonds is 13. The molecule has 13 atom stereocenters. The molecule has 0 aliphatic carbocycles. The van der Waals surface area contributed by atoms with Crippen LogP contribution >= 0.6 is 12.1 Å². The van der Waals surface area contributed by atoms with E-state index in [2.05, 4.69) is 22.6 Å². The first-order valence-electron chi connectivity index (χ1n) is 24.1. The Morgan fingerprint density at radius 3 is 2.39 bits per heavy atom. The van der Waals surface area contributed by atoms with Crippen molar-refractivity contribution in [1.82, 2.24) is 30.1 Å². The number of methoxy groups -OCH3 is 1. The summed E-state index contributed by atoms with van der Waals surface area (Å²) in [5.41, 5.74) is 4.71. The topological polar surface area (TPSA) is 219 Å². The predicted molar refractivity (Wildman–Crippen MR) is 261 cm³/mol. The van der Waals surface area contributed by atoms with Gasteiger partial charge in [-0.05, 0) is 119 Å². The summed E-state index contributed by atoms with van der Waals surface area (Å²) in [6.45, 7) is 19.5. The number of Topliss-reactive ketones (excluding diaryl/α,β-unsaturated/α-hetero) is 1. The molecule has 390 valence electrons. The van der Waals surface area contributed by atoms with Crippen LogP contribution in [0.15, 0.2) is 30.5 Å². The molecule has 5 rings (SSSR count). The number of nitrogens with one attached hydrogen (secondary N) is 1. The zero-order valence-electron chi connectivity index (χ0n) is 43.2. The van der Waals surface area contributed by atoms with Crippen molar-refractivity contribution in [2.45, 2.75) is 180 Å². The van der Waals surface area contributed by atoms with Crippen LogP contribution in [-0.4, -0.2) is 160 Å². The second-order valence-electron chi connectivity index (χ2n) is 20.6. The van der Waals surface area contributed by atoms with Gasteiger partial charge in [-0.1, -0.05) is 38.1 Å². The summed E-state index contributed by atoms with van der Waals surface area (Å²) in [5, 5.41) is 23.9. The summed E-state index contributed by atoms with van der Waals surface area (Å²) >= 11 is 0.250. The quantitative estimate of drug-likeness (QED) is 0.0666. The molecule has 3 aliphatic heterocycles. The van der Waals surface area contributed by atoms with Crippen LogP contribution in [0.5, 0.6) is 0 Å².